The third kappa shape index (κ3) is 12.9. The van der Waals surface area contributed by atoms with Gasteiger partial charge in [-0.3, -0.25) is 0 Å². The number of rotatable bonds is 8. The fraction of sp³-hybridized carbons (Fsp3) is 0.0545. The molecule has 0 aliphatic carbocycles. The van der Waals surface area contributed by atoms with Gasteiger partial charge >= 0.3 is 7.12 Å². The minimum atomic E-state index is -0.404. The molecule has 0 saturated carbocycles. The summed E-state index contributed by atoms with van der Waals surface area (Å²) >= 11 is 3.44. The van der Waals surface area contributed by atoms with E-state index in [1.165, 1.54) is 125 Å². The Labute approximate surface area is 692 Å². The van der Waals surface area contributed by atoms with Gasteiger partial charge in [0.15, 0.2) is 0 Å². The van der Waals surface area contributed by atoms with Crippen molar-refractivity contribution in [1.82, 2.24) is 19.9 Å². The number of nitrogens with zero attached hydrogens (tertiary/aromatic N) is 4. The van der Waals surface area contributed by atoms with E-state index in [9.17, 15) is 0 Å². The van der Waals surface area contributed by atoms with E-state index in [4.69, 9.17) is 24.3 Å². The summed E-state index contributed by atoms with van der Waals surface area (Å²) < 4.78 is 13.7. The van der Waals surface area contributed by atoms with E-state index in [0.29, 0.717) is 0 Å². The van der Waals surface area contributed by atoms with Crippen molar-refractivity contribution in [3.63, 3.8) is 0 Å². The molecule has 4 aromatic heterocycles. The molecule has 0 N–H and O–H groups in total. The highest BCUT2D eigenvalue weighted by Crippen LogP contribution is 2.44. The lowest BCUT2D eigenvalue weighted by atomic mass is 9.75. The maximum absolute atomic E-state index is 6.45. The number of halogens is 1. The van der Waals surface area contributed by atoms with Crippen LogP contribution in [0.3, 0.4) is 0 Å². The highest BCUT2D eigenvalue weighted by Gasteiger charge is 2.52. The zero-order valence-electron chi connectivity index (χ0n) is 65.5. The predicted octanol–water partition coefficient (Wildman–Crippen LogP) is 29.2. The number of fused-ring (bicyclic) bond motifs is 20. The third-order valence-corrected chi connectivity index (χ3v) is 24.8. The Morgan fingerprint density at radius 1 is 0.212 bits per heavy atom. The van der Waals surface area contributed by atoms with E-state index >= 15 is 0 Å². The van der Waals surface area contributed by atoms with E-state index in [1.54, 1.807) is 0 Å². The molecule has 1 aliphatic heterocycles. The van der Waals surface area contributed by atoms with Gasteiger partial charge in [0, 0.05) is 38.2 Å². The molecule has 18 aromatic carbocycles. The van der Waals surface area contributed by atoms with Crippen molar-refractivity contribution in [3.05, 3.63) is 393 Å². The van der Waals surface area contributed by atoms with E-state index in [-0.39, 0.29) is 11.2 Å². The molecule has 0 bridgehead atoms. The third-order valence-electron chi connectivity index (χ3n) is 24.3. The number of hydrogen-bond donors (Lipinski definition) is 0. The number of aromatic nitrogens is 4. The monoisotopic (exact) mass is 1570 g/mol. The first-order chi connectivity index (χ1) is 57.9. The Hall–Kier alpha value is -13.9. The quantitative estimate of drug-likeness (QED) is 0.0858. The summed E-state index contributed by atoms with van der Waals surface area (Å²) in [7, 11) is -0.404. The second-order valence-corrected chi connectivity index (χ2v) is 32.6. The molecule has 0 atom stereocenters. The van der Waals surface area contributed by atoms with Gasteiger partial charge < -0.3 is 9.31 Å². The van der Waals surface area contributed by atoms with Gasteiger partial charge in [0.1, 0.15) is 4.60 Å². The first kappa shape index (κ1) is 71.9. The summed E-state index contributed by atoms with van der Waals surface area (Å²) in [6.07, 6.45) is 0. The van der Waals surface area contributed by atoms with E-state index in [2.05, 4.69) is 407 Å². The SMILES string of the molecule is Brc1ccc2ccc3ccc(-c4ccccc4)nc3c2n1.CC1(C)OB(c2ccc(-c3cccc(-c4ccc5c6ccccc6c6ccccc6c5c4)c3)c3ccccc23)OC1(C)C.c1ccc(-c2ccc3ccc4ccc(-c5ccc(-c6cccc(-c7ccc8c9ccccc9c9ccccc9c8c7)c6)c6ccccc56)nc4c3n2)cc1. The van der Waals surface area contributed by atoms with Crippen molar-refractivity contribution in [2.75, 3.05) is 0 Å². The topological polar surface area (TPSA) is 70.0 Å². The van der Waals surface area contributed by atoms with Crippen molar-refractivity contribution >= 4 is 158 Å². The molecule has 23 rings (SSSR count). The van der Waals surface area contributed by atoms with E-state index in [0.717, 1.165) is 92.8 Å². The minimum Gasteiger partial charge on any atom is -0.399 e. The van der Waals surface area contributed by atoms with Crippen LogP contribution in [-0.4, -0.2) is 38.3 Å². The zero-order valence-corrected chi connectivity index (χ0v) is 67.1. The van der Waals surface area contributed by atoms with E-state index in [1.807, 2.05) is 30.3 Å². The van der Waals surface area contributed by atoms with Crippen LogP contribution in [0.15, 0.2) is 393 Å². The molecule has 0 unspecified atom stereocenters. The Morgan fingerprint density at radius 2 is 0.500 bits per heavy atom. The largest absolute Gasteiger partial charge is 0.495 e. The van der Waals surface area contributed by atoms with Crippen molar-refractivity contribution < 1.29 is 9.31 Å². The van der Waals surface area contributed by atoms with Gasteiger partial charge in [0.25, 0.3) is 0 Å². The van der Waals surface area contributed by atoms with Gasteiger partial charge in [-0.15, -0.1) is 0 Å². The van der Waals surface area contributed by atoms with Crippen LogP contribution in [0.1, 0.15) is 27.7 Å². The number of benzene rings is 18. The van der Waals surface area contributed by atoms with E-state index < -0.39 is 7.12 Å². The Bertz CT molecular complexity index is 7720. The van der Waals surface area contributed by atoms with Crippen LogP contribution in [-0.2, 0) is 9.31 Å². The smallest absolute Gasteiger partial charge is 0.399 e. The van der Waals surface area contributed by atoms with Crippen LogP contribution < -0.4 is 5.46 Å². The average molecular weight is 1580 g/mol. The maximum Gasteiger partial charge on any atom is 0.495 e. The molecule has 118 heavy (non-hydrogen) atoms. The first-order valence-corrected chi connectivity index (χ1v) is 41.1. The Balaban J connectivity index is 0.000000120. The van der Waals surface area contributed by atoms with Crippen molar-refractivity contribution in [3.8, 4) is 78.3 Å². The molecule has 1 aliphatic rings. The Kier molecular flexibility index (Phi) is 17.9. The second kappa shape index (κ2) is 29.5. The van der Waals surface area contributed by atoms with Crippen molar-refractivity contribution in [1.29, 1.82) is 0 Å². The average Bonchev–Trinajstić information content (AvgIpc) is 1.15. The second-order valence-electron chi connectivity index (χ2n) is 31.8. The highest BCUT2D eigenvalue weighted by molar-refractivity contribution is 9.10. The molecule has 5 heterocycles. The van der Waals surface area contributed by atoms with Crippen LogP contribution in [0.2, 0.25) is 0 Å². The van der Waals surface area contributed by atoms with Gasteiger partial charge in [-0.25, -0.2) is 19.9 Å². The van der Waals surface area contributed by atoms with Gasteiger partial charge in [0.05, 0.1) is 50.4 Å². The molecule has 0 amide bonds. The molecule has 1 saturated heterocycles. The van der Waals surface area contributed by atoms with Crippen LogP contribution in [0, 0.1) is 0 Å². The first-order valence-electron chi connectivity index (χ1n) is 40.3. The molecule has 6 nitrogen and oxygen atoms in total. The zero-order chi connectivity index (χ0) is 79.2. The van der Waals surface area contributed by atoms with Crippen LogP contribution in [0.5, 0.6) is 0 Å². The standard InChI is InChI=1S/C52H32N2.C40H33BO2.C18H11BrN2/c1-2-11-33(12-3-1)49-29-24-34-21-22-35-25-30-50(54-52(35)51(34)53-49)47-28-27-39(40-15-4-8-19-44(40)47)38-14-10-13-36(31-38)37-23-26-46-43-18-6-5-16-41(43)42-17-7-9-20-45(42)48(46)32-37;1-39(2)40(3,4)43-41(42-39)38-23-22-29(30-14-9-10-19-36(30)38)28-13-11-12-26(24-28)27-20-21-35-33-17-6-5-15-31(33)32-16-7-8-18-34(32)37(35)25-27;19-16-11-9-14-7-6-13-8-10-15(12-4-2-1-3-5-12)20-17(13)18(14)21-16/h1-32H;5-25H,1-4H3;1-11H. The minimum absolute atomic E-state index is 0.386. The number of hydrogen-bond acceptors (Lipinski definition) is 6. The number of pyridine rings is 4. The molecule has 1 fully saturated rings. The molecule has 22 aromatic rings. The summed E-state index contributed by atoms with van der Waals surface area (Å²) in [6.45, 7) is 8.42. The van der Waals surface area contributed by atoms with Crippen LogP contribution >= 0.6 is 15.9 Å². The molecule has 558 valence electrons. The van der Waals surface area contributed by atoms with Gasteiger partial charge in [-0.05, 0) is 228 Å². The Morgan fingerprint density at radius 3 is 0.932 bits per heavy atom. The van der Waals surface area contributed by atoms with Crippen LogP contribution in [0.4, 0.5) is 0 Å². The lowest BCUT2D eigenvalue weighted by Crippen LogP contribution is -2.41. The lowest BCUT2D eigenvalue weighted by molar-refractivity contribution is 0.00578. The fourth-order valence-electron chi connectivity index (χ4n) is 17.6. The summed E-state index contributed by atoms with van der Waals surface area (Å²) in [6, 6.07) is 139. The highest BCUT2D eigenvalue weighted by atomic mass is 79.9. The van der Waals surface area contributed by atoms with Gasteiger partial charge in [0.2, 0.25) is 0 Å². The lowest BCUT2D eigenvalue weighted by Gasteiger charge is -2.32. The molecule has 0 spiro atoms. The molecular weight excluding hydrogens is 1500 g/mol. The molecule has 8 heteroatoms. The molecular formula is C110H76BBrN4O2. The van der Waals surface area contributed by atoms with Crippen LogP contribution in [0.25, 0.3) is 208 Å². The van der Waals surface area contributed by atoms with Gasteiger partial charge in [-0.2, -0.15) is 0 Å². The maximum atomic E-state index is 6.45. The molecule has 0 radical (unpaired) electrons. The van der Waals surface area contributed by atoms with Crippen molar-refractivity contribution in [2.24, 2.45) is 0 Å². The summed E-state index contributed by atoms with van der Waals surface area (Å²) in [5.41, 5.74) is 19.8. The normalized spacial score (nSPS) is 13.2. The van der Waals surface area contributed by atoms with Crippen molar-refractivity contribution in [2.45, 2.75) is 38.9 Å². The summed E-state index contributed by atoms with van der Waals surface area (Å²) in [4.78, 5) is 19.9. The van der Waals surface area contributed by atoms with Gasteiger partial charge in [-0.1, -0.05) is 340 Å². The summed E-state index contributed by atoms with van der Waals surface area (Å²) in [5.74, 6) is 0. The fourth-order valence-corrected chi connectivity index (χ4v) is 17.9. The predicted molar refractivity (Wildman–Crippen MR) is 502 cm³/mol. The summed E-state index contributed by atoms with van der Waals surface area (Å²) in [5, 5.41) is 24.6.